The van der Waals surface area contributed by atoms with Gasteiger partial charge < -0.3 is 4.90 Å². The predicted octanol–water partition coefficient (Wildman–Crippen LogP) is 4.42. The quantitative estimate of drug-likeness (QED) is 0.754. The molecule has 0 spiro atoms. The molecule has 1 aliphatic carbocycles. The van der Waals surface area contributed by atoms with E-state index in [4.69, 9.17) is 23.2 Å². The van der Waals surface area contributed by atoms with Crippen LogP contribution in [0.2, 0.25) is 4.34 Å². The van der Waals surface area contributed by atoms with Crippen molar-refractivity contribution in [3.05, 3.63) is 21.3 Å². The Morgan fingerprint density at radius 1 is 1.33 bits per heavy atom. The smallest absolute Gasteiger partial charge is 0.264 e. The Hall–Kier alpha value is -0.250. The van der Waals surface area contributed by atoms with Crippen LogP contribution >= 0.6 is 34.5 Å². The molecule has 1 aliphatic rings. The van der Waals surface area contributed by atoms with E-state index in [2.05, 4.69) is 0 Å². The van der Waals surface area contributed by atoms with Crippen LogP contribution in [0.4, 0.5) is 0 Å². The lowest BCUT2D eigenvalue weighted by Crippen LogP contribution is -2.42. The van der Waals surface area contributed by atoms with Gasteiger partial charge in [-0.05, 0) is 25.0 Å². The topological polar surface area (TPSA) is 20.3 Å². The first-order valence-corrected chi connectivity index (χ1v) is 8.07. The average Bonchev–Trinajstić information content (AvgIpc) is 2.83. The number of carbonyl (C=O) groups excluding carboxylic acids is 1. The fraction of sp³-hybridized carbons (Fsp3) is 0.615. The van der Waals surface area contributed by atoms with Gasteiger partial charge in [0.2, 0.25) is 0 Å². The Morgan fingerprint density at radius 3 is 2.61 bits per heavy atom. The number of carbonyl (C=O) groups is 1. The third-order valence-electron chi connectivity index (χ3n) is 3.39. The SMILES string of the molecule is O=C(c1ccc(Cl)s1)N(CCCl)C1CCCCC1. The summed E-state index contributed by atoms with van der Waals surface area (Å²) in [6.45, 7) is 0.626. The first-order chi connectivity index (χ1) is 8.72. The van der Waals surface area contributed by atoms with E-state index in [0.29, 0.717) is 22.8 Å². The van der Waals surface area contributed by atoms with Gasteiger partial charge in [-0.25, -0.2) is 0 Å². The highest BCUT2D eigenvalue weighted by atomic mass is 35.5. The van der Waals surface area contributed by atoms with Gasteiger partial charge in [0.05, 0.1) is 9.21 Å². The van der Waals surface area contributed by atoms with E-state index in [1.807, 2.05) is 4.90 Å². The Morgan fingerprint density at radius 2 is 2.06 bits per heavy atom. The van der Waals surface area contributed by atoms with E-state index in [1.54, 1.807) is 12.1 Å². The largest absolute Gasteiger partial charge is 0.334 e. The second kappa shape index (κ2) is 6.78. The Balaban J connectivity index is 2.10. The van der Waals surface area contributed by atoms with Crippen LogP contribution in [0.1, 0.15) is 41.8 Å². The highest BCUT2D eigenvalue weighted by Crippen LogP contribution is 2.27. The fourth-order valence-corrected chi connectivity index (χ4v) is 3.69. The van der Waals surface area contributed by atoms with E-state index in [0.717, 1.165) is 17.7 Å². The lowest BCUT2D eigenvalue weighted by Gasteiger charge is -2.33. The minimum atomic E-state index is 0.0828. The standard InChI is InChI=1S/C13H17Cl2NOS/c14-8-9-16(10-4-2-1-3-5-10)13(17)11-6-7-12(15)18-11/h6-7,10H,1-5,8-9H2. The average molecular weight is 306 g/mol. The molecule has 0 aromatic carbocycles. The maximum atomic E-state index is 12.5. The summed E-state index contributed by atoms with van der Waals surface area (Å²) in [6, 6.07) is 3.93. The lowest BCUT2D eigenvalue weighted by atomic mass is 9.94. The molecule has 0 bridgehead atoms. The minimum absolute atomic E-state index is 0.0828. The van der Waals surface area contributed by atoms with Gasteiger partial charge in [0, 0.05) is 18.5 Å². The molecule has 0 saturated heterocycles. The van der Waals surface area contributed by atoms with Gasteiger partial charge in [-0.1, -0.05) is 30.9 Å². The molecule has 5 heteroatoms. The molecule has 2 rings (SSSR count). The predicted molar refractivity (Wildman–Crippen MR) is 78.0 cm³/mol. The van der Waals surface area contributed by atoms with Crippen LogP contribution in [0.5, 0.6) is 0 Å². The summed E-state index contributed by atoms with van der Waals surface area (Å²) in [5, 5.41) is 0. The van der Waals surface area contributed by atoms with Crippen molar-refractivity contribution in [2.75, 3.05) is 12.4 Å². The number of hydrogen-bond donors (Lipinski definition) is 0. The van der Waals surface area contributed by atoms with Crippen molar-refractivity contribution in [2.24, 2.45) is 0 Å². The molecule has 1 heterocycles. The number of thiophene rings is 1. The Bertz CT molecular complexity index is 401. The van der Waals surface area contributed by atoms with Crippen LogP contribution < -0.4 is 0 Å². The molecule has 1 aromatic heterocycles. The zero-order valence-electron chi connectivity index (χ0n) is 10.2. The molecule has 0 atom stereocenters. The van der Waals surface area contributed by atoms with Crippen molar-refractivity contribution in [1.82, 2.24) is 4.90 Å². The molecule has 0 radical (unpaired) electrons. The normalized spacial score (nSPS) is 16.8. The van der Waals surface area contributed by atoms with Crippen LogP contribution in [0.25, 0.3) is 0 Å². The monoisotopic (exact) mass is 305 g/mol. The highest BCUT2D eigenvalue weighted by molar-refractivity contribution is 7.17. The maximum Gasteiger partial charge on any atom is 0.264 e. The molecular formula is C13H17Cl2NOS. The van der Waals surface area contributed by atoms with E-state index in [-0.39, 0.29) is 5.91 Å². The number of halogens is 2. The van der Waals surface area contributed by atoms with Crippen molar-refractivity contribution < 1.29 is 4.79 Å². The number of rotatable bonds is 4. The van der Waals surface area contributed by atoms with Gasteiger partial charge in [-0.2, -0.15) is 0 Å². The first kappa shape index (κ1) is 14.2. The van der Waals surface area contributed by atoms with Crippen molar-refractivity contribution in [1.29, 1.82) is 0 Å². The van der Waals surface area contributed by atoms with Gasteiger partial charge in [0.1, 0.15) is 0 Å². The van der Waals surface area contributed by atoms with E-state index < -0.39 is 0 Å². The Kier molecular flexibility index (Phi) is 5.34. The van der Waals surface area contributed by atoms with Crippen LogP contribution in [-0.2, 0) is 0 Å². The van der Waals surface area contributed by atoms with E-state index >= 15 is 0 Å². The third-order valence-corrected chi connectivity index (χ3v) is 4.77. The van der Waals surface area contributed by atoms with Crippen molar-refractivity contribution in [3.63, 3.8) is 0 Å². The van der Waals surface area contributed by atoms with Gasteiger partial charge in [-0.15, -0.1) is 22.9 Å². The Labute approximate surface area is 122 Å². The lowest BCUT2D eigenvalue weighted by molar-refractivity contribution is 0.0654. The summed E-state index contributed by atoms with van der Waals surface area (Å²) in [7, 11) is 0. The molecule has 0 N–H and O–H groups in total. The fourth-order valence-electron chi connectivity index (χ4n) is 2.50. The van der Waals surface area contributed by atoms with Crippen molar-refractivity contribution in [3.8, 4) is 0 Å². The zero-order chi connectivity index (χ0) is 13.0. The van der Waals surface area contributed by atoms with Gasteiger partial charge in [-0.3, -0.25) is 4.79 Å². The number of alkyl halides is 1. The molecule has 1 amide bonds. The highest BCUT2D eigenvalue weighted by Gasteiger charge is 2.26. The molecule has 18 heavy (non-hydrogen) atoms. The van der Waals surface area contributed by atoms with Gasteiger partial charge >= 0.3 is 0 Å². The van der Waals surface area contributed by atoms with Gasteiger partial charge in [0.15, 0.2) is 0 Å². The molecule has 0 unspecified atom stereocenters. The molecule has 0 aliphatic heterocycles. The first-order valence-electron chi connectivity index (χ1n) is 6.34. The molecule has 1 fully saturated rings. The summed E-state index contributed by atoms with van der Waals surface area (Å²) in [4.78, 5) is 15.1. The molecule has 1 saturated carbocycles. The van der Waals surface area contributed by atoms with Gasteiger partial charge in [0.25, 0.3) is 5.91 Å². The van der Waals surface area contributed by atoms with Crippen LogP contribution in [-0.4, -0.2) is 29.3 Å². The number of nitrogens with zero attached hydrogens (tertiary/aromatic N) is 1. The number of hydrogen-bond acceptors (Lipinski definition) is 2. The molecule has 100 valence electrons. The summed E-state index contributed by atoms with van der Waals surface area (Å²) >= 11 is 13.1. The minimum Gasteiger partial charge on any atom is -0.334 e. The van der Waals surface area contributed by atoms with Crippen LogP contribution in [0.15, 0.2) is 12.1 Å². The number of amides is 1. The molecule has 1 aromatic rings. The summed E-state index contributed by atoms with van der Waals surface area (Å²) in [5.74, 6) is 0.570. The van der Waals surface area contributed by atoms with E-state index in [1.165, 1.54) is 30.6 Å². The second-order valence-corrected chi connectivity index (χ2v) is 6.68. The van der Waals surface area contributed by atoms with Crippen LogP contribution in [0.3, 0.4) is 0 Å². The van der Waals surface area contributed by atoms with E-state index in [9.17, 15) is 4.79 Å². The second-order valence-electron chi connectivity index (χ2n) is 4.58. The summed E-state index contributed by atoms with van der Waals surface area (Å²) in [6.07, 6.45) is 5.90. The maximum absolute atomic E-state index is 12.5. The van der Waals surface area contributed by atoms with Crippen LogP contribution in [0, 0.1) is 0 Å². The zero-order valence-corrected chi connectivity index (χ0v) is 12.5. The summed E-state index contributed by atoms with van der Waals surface area (Å²) < 4.78 is 0.660. The van der Waals surface area contributed by atoms with Crippen molar-refractivity contribution in [2.45, 2.75) is 38.1 Å². The van der Waals surface area contributed by atoms with Crippen molar-refractivity contribution >= 4 is 40.4 Å². The summed E-state index contributed by atoms with van der Waals surface area (Å²) in [5.41, 5.74) is 0. The third kappa shape index (κ3) is 3.40. The molecule has 2 nitrogen and oxygen atoms in total. The molecular weight excluding hydrogens is 289 g/mol.